The fraction of sp³-hybridized carbons (Fsp3) is 0.500. The lowest BCUT2D eigenvalue weighted by Crippen LogP contribution is -2.41. The maximum absolute atomic E-state index is 12.0. The highest BCUT2D eigenvalue weighted by Gasteiger charge is 2.15. The lowest BCUT2D eigenvalue weighted by atomic mass is 10.1. The van der Waals surface area contributed by atoms with Gasteiger partial charge in [-0.1, -0.05) is 6.07 Å². The first-order valence-corrected chi connectivity index (χ1v) is 7.26. The summed E-state index contributed by atoms with van der Waals surface area (Å²) >= 11 is 0. The van der Waals surface area contributed by atoms with E-state index in [1.807, 2.05) is 30.0 Å². The van der Waals surface area contributed by atoms with Gasteiger partial charge in [0.15, 0.2) is 0 Å². The van der Waals surface area contributed by atoms with Crippen molar-refractivity contribution in [2.45, 2.75) is 19.9 Å². The Morgan fingerprint density at radius 3 is 2.86 bits per heavy atom. The van der Waals surface area contributed by atoms with E-state index in [2.05, 4.69) is 11.4 Å². The van der Waals surface area contributed by atoms with Crippen molar-refractivity contribution < 1.29 is 9.53 Å². The van der Waals surface area contributed by atoms with Crippen LogP contribution in [0.2, 0.25) is 0 Å². The van der Waals surface area contributed by atoms with Gasteiger partial charge in [-0.05, 0) is 30.2 Å². The van der Waals surface area contributed by atoms with Crippen LogP contribution in [0.4, 0.5) is 0 Å². The van der Waals surface area contributed by atoms with Crippen molar-refractivity contribution in [1.29, 1.82) is 5.26 Å². The number of aryl methyl sites for hydroxylation is 1. The Bertz CT molecular complexity index is 531. The van der Waals surface area contributed by atoms with Gasteiger partial charge in [0.05, 0.1) is 24.8 Å². The first-order chi connectivity index (χ1) is 10.2. The predicted octanol–water partition coefficient (Wildman–Crippen LogP) is 1.21. The molecule has 0 spiro atoms. The molecule has 1 amide bonds. The minimum atomic E-state index is 0.183. The molecule has 0 atom stereocenters. The molecule has 5 heteroatoms. The second kappa shape index (κ2) is 7.77. The van der Waals surface area contributed by atoms with Crippen LogP contribution >= 0.6 is 0 Å². The summed E-state index contributed by atoms with van der Waals surface area (Å²) in [4.78, 5) is 13.8. The summed E-state index contributed by atoms with van der Waals surface area (Å²) in [5.41, 5.74) is 2.94. The highest BCUT2D eigenvalue weighted by atomic mass is 16.5. The van der Waals surface area contributed by atoms with E-state index in [1.54, 1.807) is 0 Å². The van der Waals surface area contributed by atoms with Gasteiger partial charge in [0, 0.05) is 32.6 Å². The summed E-state index contributed by atoms with van der Waals surface area (Å²) in [5, 5.41) is 12.1. The predicted molar refractivity (Wildman–Crippen MR) is 79.6 cm³/mol. The van der Waals surface area contributed by atoms with Gasteiger partial charge in [-0.25, -0.2) is 0 Å². The molecule has 0 bridgehead atoms. The van der Waals surface area contributed by atoms with Crippen molar-refractivity contribution in [3.8, 4) is 6.07 Å². The molecule has 0 radical (unpaired) electrons. The van der Waals surface area contributed by atoms with E-state index in [4.69, 9.17) is 10.00 Å². The minimum Gasteiger partial charge on any atom is -0.378 e. The largest absolute Gasteiger partial charge is 0.378 e. The molecule has 0 saturated carbocycles. The van der Waals surface area contributed by atoms with Gasteiger partial charge in [-0.15, -0.1) is 0 Å². The smallest absolute Gasteiger partial charge is 0.224 e. The highest BCUT2D eigenvalue weighted by molar-refractivity contribution is 5.76. The molecule has 0 unspecified atom stereocenters. The topological polar surface area (TPSA) is 65.4 Å². The summed E-state index contributed by atoms with van der Waals surface area (Å²) in [7, 11) is 0. The minimum absolute atomic E-state index is 0.183. The van der Waals surface area contributed by atoms with Crippen molar-refractivity contribution in [2.75, 3.05) is 32.8 Å². The average molecular weight is 287 g/mol. The molecule has 1 N–H and O–H groups in total. The maximum Gasteiger partial charge on any atom is 0.224 e. The maximum atomic E-state index is 12.0. The number of amides is 1. The van der Waals surface area contributed by atoms with Crippen LogP contribution in [0.5, 0.6) is 0 Å². The molecule has 5 nitrogen and oxygen atoms in total. The molecule has 0 aliphatic carbocycles. The van der Waals surface area contributed by atoms with Gasteiger partial charge >= 0.3 is 0 Å². The Hall–Kier alpha value is -1.90. The van der Waals surface area contributed by atoms with Crippen LogP contribution < -0.4 is 5.32 Å². The van der Waals surface area contributed by atoms with Crippen LogP contribution in [0.3, 0.4) is 0 Å². The number of benzene rings is 1. The van der Waals surface area contributed by atoms with Crippen molar-refractivity contribution >= 4 is 5.91 Å². The van der Waals surface area contributed by atoms with Crippen LogP contribution in [0.15, 0.2) is 18.2 Å². The van der Waals surface area contributed by atoms with E-state index in [0.29, 0.717) is 51.4 Å². The van der Waals surface area contributed by atoms with E-state index in [0.717, 1.165) is 11.1 Å². The first-order valence-electron chi connectivity index (χ1n) is 7.26. The van der Waals surface area contributed by atoms with Gasteiger partial charge in [-0.2, -0.15) is 5.26 Å². The number of nitriles is 1. The summed E-state index contributed by atoms with van der Waals surface area (Å²) in [6, 6.07) is 7.80. The summed E-state index contributed by atoms with van der Waals surface area (Å²) < 4.78 is 5.23. The van der Waals surface area contributed by atoms with Crippen molar-refractivity contribution in [2.24, 2.45) is 0 Å². The van der Waals surface area contributed by atoms with Gasteiger partial charge in [0.2, 0.25) is 5.91 Å². The number of rotatable bonds is 5. The molecule has 1 aliphatic rings. The molecule has 112 valence electrons. The van der Waals surface area contributed by atoms with Gasteiger partial charge < -0.3 is 15.0 Å². The molecular formula is C16H21N3O2. The van der Waals surface area contributed by atoms with E-state index in [-0.39, 0.29) is 5.91 Å². The molecule has 1 heterocycles. The number of hydrogen-bond acceptors (Lipinski definition) is 4. The number of carbonyl (C=O) groups excluding carboxylic acids is 1. The number of hydrogen-bond donors (Lipinski definition) is 1. The number of nitrogens with one attached hydrogen (secondary N) is 1. The second-order valence-electron chi connectivity index (χ2n) is 5.17. The fourth-order valence-electron chi connectivity index (χ4n) is 2.35. The third-order valence-electron chi connectivity index (χ3n) is 3.67. The zero-order valence-electron chi connectivity index (χ0n) is 12.4. The van der Waals surface area contributed by atoms with Crippen molar-refractivity contribution in [3.05, 3.63) is 34.9 Å². The fourth-order valence-corrected chi connectivity index (χ4v) is 2.35. The van der Waals surface area contributed by atoms with Gasteiger partial charge in [0.1, 0.15) is 0 Å². The molecule has 1 aromatic carbocycles. The molecule has 2 rings (SSSR count). The number of nitrogens with zero attached hydrogens (tertiary/aromatic N) is 2. The molecular weight excluding hydrogens is 266 g/mol. The van der Waals surface area contributed by atoms with Crippen LogP contribution in [-0.2, 0) is 16.1 Å². The second-order valence-corrected chi connectivity index (χ2v) is 5.17. The van der Waals surface area contributed by atoms with E-state index in [1.165, 1.54) is 0 Å². The Balaban J connectivity index is 1.72. The van der Waals surface area contributed by atoms with E-state index in [9.17, 15) is 4.79 Å². The highest BCUT2D eigenvalue weighted by Crippen LogP contribution is 2.10. The summed E-state index contributed by atoms with van der Waals surface area (Å²) in [6.45, 7) is 6.06. The van der Waals surface area contributed by atoms with Crippen LogP contribution in [0.1, 0.15) is 23.1 Å². The van der Waals surface area contributed by atoms with Crippen LogP contribution in [-0.4, -0.2) is 43.7 Å². The zero-order valence-corrected chi connectivity index (χ0v) is 12.4. The van der Waals surface area contributed by atoms with Crippen molar-refractivity contribution in [3.63, 3.8) is 0 Å². The van der Waals surface area contributed by atoms with E-state index >= 15 is 0 Å². The lowest BCUT2D eigenvalue weighted by molar-refractivity contribution is -0.135. The monoisotopic (exact) mass is 287 g/mol. The third kappa shape index (κ3) is 4.55. The first kappa shape index (κ1) is 15.5. The standard InChI is InChI=1S/C16H21N3O2/c1-13-10-14(11-17)2-3-15(13)12-18-5-4-16(20)19-6-8-21-9-7-19/h2-3,10,18H,4-9,12H2,1H3. The summed E-state index contributed by atoms with van der Waals surface area (Å²) in [6.07, 6.45) is 0.509. The van der Waals surface area contributed by atoms with E-state index < -0.39 is 0 Å². The third-order valence-corrected chi connectivity index (χ3v) is 3.67. The van der Waals surface area contributed by atoms with Crippen LogP contribution in [0, 0.1) is 18.3 Å². The molecule has 1 saturated heterocycles. The Labute approximate surface area is 125 Å². The lowest BCUT2D eigenvalue weighted by Gasteiger charge is -2.26. The molecule has 1 aliphatic heterocycles. The number of ether oxygens (including phenoxy) is 1. The van der Waals surface area contributed by atoms with Gasteiger partial charge in [0.25, 0.3) is 0 Å². The SMILES string of the molecule is Cc1cc(C#N)ccc1CNCCC(=O)N1CCOCC1. The Morgan fingerprint density at radius 2 is 2.19 bits per heavy atom. The Morgan fingerprint density at radius 1 is 1.43 bits per heavy atom. The molecule has 21 heavy (non-hydrogen) atoms. The summed E-state index contributed by atoms with van der Waals surface area (Å²) in [5.74, 6) is 0.183. The molecule has 1 aromatic rings. The molecule has 0 aromatic heterocycles. The number of carbonyl (C=O) groups is 1. The van der Waals surface area contributed by atoms with Crippen molar-refractivity contribution in [1.82, 2.24) is 10.2 Å². The van der Waals surface area contributed by atoms with Gasteiger partial charge in [-0.3, -0.25) is 4.79 Å². The normalized spacial score (nSPS) is 14.8. The Kier molecular flexibility index (Phi) is 5.73. The zero-order chi connectivity index (χ0) is 15.1. The average Bonchev–Trinajstić information content (AvgIpc) is 2.53. The van der Waals surface area contributed by atoms with Crippen LogP contribution in [0.25, 0.3) is 0 Å². The quantitative estimate of drug-likeness (QED) is 0.827. The number of morpholine rings is 1. The molecule has 1 fully saturated rings.